The summed E-state index contributed by atoms with van der Waals surface area (Å²) in [7, 11) is 0. The van der Waals surface area contributed by atoms with E-state index in [1.54, 1.807) is 0 Å². The predicted molar refractivity (Wildman–Crippen MR) is 56.4 cm³/mol. The Kier molecular flexibility index (Phi) is 3.60. The maximum absolute atomic E-state index is 3.46. The number of hydrogen-bond donors (Lipinski definition) is 0. The van der Waals surface area contributed by atoms with Crippen molar-refractivity contribution in [3.8, 4) is 0 Å². The first-order chi connectivity index (χ1) is 5.27. The van der Waals surface area contributed by atoms with Gasteiger partial charge in [-0.25, -0.2) is 0 Å². The smallest absolute Gasteiger partial charge is 0.0285 e. The Morgan fingerprint density at radius 3 is 2.45 bits per heavy atom. The topological polar surface area (TPSA) is 0 Å². The van der Waals surface area contributed by atoms with Crippen molar-refractivity contribution in [2.24, 2.45) is 0 Å². The molecule has 0 aliphatic rings. The molecular formula is C9H10Br2. The molecule has 0 atom stereocenters. The fraction of sp³-hybridized carbons (Fsp3) is 0.333. The number of aryl methyl sites for hydroxylation is 1. The van der Waals surface area contributed by atoms with Crippen LogP contribution in [-0.2, 0) is 10.7 Å². The largest absolute Gasteiger partial charge is 0.0876 e. The zero-order valence-corrected chi connectivity index (χ0v) is 9.57. The van der Waals surface area contributed by atoms with Crippen LogP contribution in [0.15, 0.2) is 18.2 Å². The Balaban J connectivity index is 3.02. The molecule has 60 valence electrons. The maximum atomic E-state index is 3.46. The van der Waals surface area contributed by atoms with Gasteiger partial charge in [0.1, 0.15) is 0 Å². The van der Waals surface area contributed by atoms with E-state index >= 15 is 0 Å². The van der Waals surface area contributed by atoms with E-state index in [-0.39, 0.29) is 0 Å². The minimum absolute atomic E-state index is 0.938. The molecule has 1 aromatic carbocycles. The third-order valence-electron chi connectivity index (χ3n) is 1.71. The minimum atomic E-state index is 0.938. The normalized spacial score (nSPS) is 10.1. The molecule has 0 nitrogen and oxygen atoms in total. The Hall–Kier alpha value is 0.180. The van der Waals surface area contributed by atoms with E-state index in [2.05, 4.69) is 57.0 Å². The molecule has 2 heteroatoms. The summed E-state index contributed by atoms with van der Waals surface area (Å²) in [5, 5.41) is 1.88. The fourth-order valence-corrected chi connectivity index (χ4v) is 1.90. The zero-order chi connectivity index (χ0) is 8.27. The highest BCUT2D eigenvalue weighted by molar-refractivity contribution is 9.08. The van der Waals surface area contributed by atoms with Gasteiger partial charge in [-0.15, -0.1) is 0 Å². The van der Waals surface area contributed by atoms with Crippen LogP contribution in [0.2, 0.25) is 0 Å². The van der Waals surface area contributed by atoms with Crippen molar-refractivity contribution < 1.29 is 0 Å². The van der Waals surface area contributed by atoms with Crippen molar-refractivity contribution in [1.82, 2.24) is 0 Å². The molecular weight excluding hydrogens is 268 g/mol. The molecule has 1 aromatic rings. The molecule has 0 spiro atoms. The average molecular weight is 278 g/mol. The molecule has 0 radical (unpaired) electrons. The lowest BCUT2D eigenvalue weighted by Gasteiger charge is -2.03. The first kappa shape index (κ1) is 9.27. The monoisotopic (exact) mass is 276 g/mol. The zero-order valence-electron chi connectivity index (χ0n) is 6.40. The summed E-state index contributed by atoms with van der Waals surface area (Å²) >= 11 is 6.89. The molecule has 0 fully saturated rings. The molecule has 0 bridgehead atoms. The van der Waals surface area contributed by atoms with Crippen LogP contribution < -0.4 is 0 Å². The van der Waals surface area contributed by atoms with Crippen LogP contribution in [0.5, 0.6) is 0 Å². The standard InChI is InChI=1S/C9H10Br2/c1-7-2-3-8(5-10)4-9(7)6-11/h2-4H,5-6H2,1H3. The number of rotatable bonds is 2. The van der Waals surface area contributed by atoms with E-state index in [9.17, 15) is 0 Å². The van der Waals surface area contributed by atoms with Gasteiger partial charge in [0.2, 0.25) is 0 Å². The minimum Gasteiger partial charge on any atom is -0.0876 e. The molecule has 0 heterocycles. The van der Waals surface area contributed by atoms with E-state index in [1.807, 2.05) is 0 Å². The summed E-state index contributed by atoms with van der Waals surface area (Å²) in [5.74, 6) is 0. The number of halogens is 2. The molecule has 0 unspecified atom stereocenters. The molecule has 0 N–H and O–H groups in total. The summed E-state index contributed by atoms with van der Waals surface area (Å²) in [6.07, 6.45) is 0. The summed E-state index contributed by atoms with van der Waals surface area (Å²) in [4.78, 5) is 0. The van der Waals surface area contributed by atoms with Crippen molar-refractivity contribution >= 4 is 31.9 Å². The van der Waals surface area contributed by atoms with Crippen LogP contribution in [-0.4, -0.2) is 0 Å². The van der Waals surface area contributed by atoms with Gasteiger partial charge in [0.15, 0.2) is 0 Å². The van der Waals surface area contributed by atoms with Crippen molar-refractivity contribution in [1.29, 1.82) is 0 Å². The summed E-state index contributed by atoms with van der Waals surface area (Å²) in [5.41, 5.74) is 4.07. The third-order valence-corrected chi connectivity index (χ3v) is 2.96. The van der Waals surface area contributed by atoms with Crippen LogP contribution in [0, 0.1) is 6.92 Å². The molecule has 0 amide bonds. The second-order valence-corrected chi connectivity index (χ2v) is 3.65. The first-order valence-corrected chi connectivity index (χ1v) is 5.72. The molecule has 0 saturated heterocycles. The van der Waals surface area contributed by atoms with Crippen LogP contribution in [0.1, 0.15) is 16.7 Å². The van der Waals surface area contributed by atoms with Gasteiger partial charge in [-0.1, -0.05) is 50.1 Å². The Morgan fingerprint density at radius 1 is 1.18 bits per heavy atom. The second kappa shape index (κ2) is 4.27. The third kappa shape index (κ3) is 2.31. The van der Waals surface area contributed by atoms with E-state index in [1.165, 1.54) is 16.7 Å². The van der Waals surface area contributed by atoms with Crippen molar-refractivity contribution in [3.05, 3.63) is 34.9 Å². The molecule has 0 aromatic heterocycles. The summed E-state index contributed by atoms with van der Waals surface area (Å²) in [6, 6.07) is 6.53. The molecule has 11 heavy (non-hydrogen) atoms. The number of benzene rings is 1. The van der Waals surface area contributed by atoms with Gasteiger partial charge in [-0.05, 0) is 23.6 Å². The van der Waals surface area contributed by atoms with Crippen LogP contribution in [0.4, 0.5) is 0 Å². The molecule has 0 saturated carbocycles. The molecule has 1 rings (SSSR count). The van der Waals surface area contributed by atoms with Gasteiger partial charge < -0.3 is 0 Å². The predicted octanol–water partition coefficient (Wildman–Crippen LogP) is 3.78. The lowest BCUT2D eigenvalue weighted by Crippen LogP contribution is -1.86. The Labute approximate surface area is 84.3 Å². The van der Waals surface area contributed by atoms with E-state index < -0.39 is 0 Å². The van der Waals surface area contributed by atoms with Gasteiger partial charge in [0.25, 0.3) is 0 Å². The van der Waals surface area contributed by atoms with Crippen molar-refractivity contribution in [3.63, 3.8) is 0 Å². The van der Waals surface area contributed by atoms with Gasteiger partial charge in [-0.3, -0.25) is 0 Å². The summed E-state index contributed by atoms with van der Waals surface area (Å²) in [6.45, 7) is 2.13. The highest BCUT2D eigenvalue weighted by Gasteiger charge is 1.96. The van der Waals surface area contributed by atoms with Gasteiger partial charge >= 0.3 is 0 Å². The van der Waals surface area contributed by atoms with Crippen LogP contribution in [0.25, 0.3) is 0 Å². The Morgan fingerprint density at radius 2 is 1.91 bits per heavy atom. The highest BCUT2D eigenvalue weighted by atomic mass is 79.9. The van der Waals surface area contributed by atoms with Gasteiger partial charge in [-0.2, -0.15) is 0 Å². The first-order valence-electron chi connectivity index (χ1n) is 3.48. The fourth-order valence-electron chi connectivity index (χ4n) is 0.952. The highest BCUT2D eigenvalue weighted by Crippen LogP contribution is 2.15. The van der Waals surface area contributed by atoms with Crippen LogP contribution >= 0.6 is 31.9 Å². The lowest BCUT2D eigenvalue weighted by molar-refractivity contribution is 1.28. The van der Waals surface area contributed by atoms with Crippen LogP contribution in [0.3, 0.4) is 0 Å². The average Bonchev–Trinajstić information content (AvgIpc) is 2.05. The maximum Gasteiger partial charge on any atom is 0.0285 e. The summed E-state index contributed by atoms with van der Waals surface area (Å²) < 4.78 is 0. The van der Waals surface area contributed by atoms with E-state index in [0.29, 0.717) is 0 Å². The second-order valence-electron chi connectivity index (χ2n) is 2.53. The van der Waals surface area contributed by atoms with E-state index in [4.69, 9.17) is 0 Å². The Bertz CT molecular complexity index is 243. The van der Waals surface area contributed by atoms with Gasteiger partial charge in [0.05, 0.1) is 0 Å². The SMILES string of the molecule is Cc1ccc(CBr)cc1CBr. The lowest BCUT2D eigenvalue weighted by atomic mass is 10.1. The number of hydrogen-bond acceptors (Lipinski definition) is 0. The van der Waals surface area contributed by atoms with Gasteiger partial charge in [0, 0.05) is 10.7 Å². The number of alkyl halides is 2. The van der Waals surface area contributed by atoms with E-state index in [0.717, 1.165) is 10.7 Å². The van der Waals surface area contributed by atoms with Crippen molar-refractivity contribution in [2.75, 3.05) is 0 Å². The molecule has 0 aliphatic carbocycles. The quantitative estimate of drug-likeness (QED) is 0.722. The van der Waals surface area contributed by atoms with Crippen molar-refractivity contribution in [2.45, 2.75) is 17.6 Å². The molecule has 0 aliphatic heterocycles.